The Kier molecular flexibility index (Phi) is 4.95. The van der Waals surface area contributed by atoms with E-state index in [2.05, 4.69) is 11.7 Å². The van der Waals surface area contributed by atoms with Gasteiger partial charge in [0.05, 0.1) is 17.4 Å². The molecule has 0 spiro atoms. The van der Waals surface area contributed by atoms with Crippen LogP contribution in [0.1, 0.15) is 56.1 Å². The van der Waals surface area contributed by atoms with Crippen molar-refractivity contribution in [3.05, 3.63) is 46.9 Å². The molecule has 1 amide bonds. The van der Waals surface area contributed by atoms with Gasteiger partial charge in [0.25, 0.3) is 0 Å². The van der Waals surface area contributed by atoms with E-state index in [9.17, 15) is 9.18 Å². The van der Waals surface area contributed by atoms with Crippen molar-refractivity contribution in [2.75, 3.05) is 12.3 Å². The second-order valence-electron chi connectivity index (χ2n) is 8.13. The average molecular weight is 386 g/mol. The third-order valence-electron chi connectivity index (χ3n) is 4.87. The van der Waals surface area contributed by atoms with Gasteiger partial charge in [0, 0.05) is 24.1 Å². The van der Waals surface area contributed by atoms with Crippen molar-refractivity contribution in [2.24, 2.45) is 0 Å². The van der Waals surface area contributed by atoms with Crippen LogP contribution in [0.4, 0.5) is 15.0 Å². The van der Waals surface area contributed by atoms with Gasteiger partial charge in [-0.15, -0.1) is 0 Å². The normalized spacial score (nSPS) is 16.6. The number of carbonyl (C=O) groups is 1. The molecule has 0 aliphatic carbocycles. The number of rotatable bonds is 2. The number of amides is 1. The lowest BCUT2D eigenvalue weighted by molar-refractivity contribution is 0.0160. The molecule has 1 aromatic carbocycles. The third-order valence-corrected chi connectivity index (χ3v) is 4.87. The van der Waals surface area contributed by atoms with Crippen molar-refractivity contribution < 1.29 is 13.9 Å². The van der Waals surface area contributed by atoms with Gasteiger partial charge in [-0.3, -0.25) is 0 Å². The van der Waals surface area contributed by atoms with Gasteiger partial charge in [0.15, 0.2) is 0 Å². The van der Waals surface area contributed by atoms with E-state index in [1.165, 1.54) is 6.08 Å². The van der Waals surface area contributed by atoms with E-state index in [0.29, 0.717) is 35.6 Å². The van der Waals surface area contributed by atoms with Crippen LogP contribution in [-0.4, -0.2) is 32.9 Å². The van der Waals surface area contributed by atoms with Crippen LogP contribution in [0.25, 0.3) is 11.8 Å². The molecule has 7 heteroatoms. The molecule has 0 fully saturated rings. The van der Waals surface area contributed by atoms with E-state index in [1.807, 2.05) is 27.7 Å². The van der Waals surface area contributed by atoms with Crippen molar-refractivity contribution in [2.45, 2.75) is 52.7 Å². The molecule has 28 heavy (non-hydrogen) atoms. The molecule has 2 aromatic rings. The van der Waals surface area contributed by atoms with E-state index >= 15 is 0 Å². The predicted molar refractivity (Wildman–Crippen MR) is 108 cm³/mol. The molecule has 150 valence electrons. The Labute approximate surface area is 164 Å². The zero-order valence-corrected chi connectivity index (χ0v) is 17.0. The number of aryl methyl sites for hydroxylation is 1. The fourth-order valence-electron chi connectivity index (χ4n) is 3.52. The second-order valence-corrected chi connectivity index (χ2v) is 8.13. The molecule has 6 nitrogen and oxygen atoms in total. The number of nitrogens with zero attached hydrogens (tertiary/aromatic N) is 3. The molecule has 1 aliphatic heterocycles. The molecular formula is C21H27FN4O2. The van der Waals surface area contributed by atoms with Crippen molar-refractivity contribution in [1.29, 1.82) is 0 Å². The Hall–Kier alpha value is -2.83. The highest BCUT2D eigenvalue weighted by molar-refractivity contribution is 5.70. The molecule has 0 bridgehead atoms. The lowest BCUT2D eigenvalue weighted by Crippen LogP contribution is -2.42. The Morgan fingerprint density at radius 2 is 2.11 bits per heavy atom. The molecule has 3 rings (SSSR count). The van der Waals surface area contributed by atoms with Crippen LogP contribution in [0.5, 0.6) is 0 Å². The van der Waals surface area contributed by atoms with Crippen LogP contribution in [0.2, 0.25) is 0 Å². The zero-order valence-electron chi connectivity index (χ0n) is 17.0. The number of benzene rings is 1. The first-order chi connectivity index (χ1) is 13.0. The van der Waals surface area contributed by atoms with Crippen LogP contribution in [0, 0.1) is 12.7 Å². The number of nitrogens with two attached hydrogens (primary N) is 1. The molecule has 2 N–H and O–H groups in total. The summed E-state index contributed by atoms with van der Waals surface area (Å²) in [6, 6.07) is 3.10. The van der Waals surface area contributed by atoms with Gasteiger partial charge in [0.1, 0.15) is 17.2 Å². The van der Waals surface area contributed by atoms with E-state index in [4.69, 9.17) is 10.5 Å². The molecule has 0 saturated heterocycles. The molecular weight excluding hydrogens is 359 g/mol. The molecule has 0 saturated carbocycles. The second kappa shape index (κ2) is 6.96. The van der Waals surface area contributed by atoms with Gasteiger partial charge in [-0.25, -0.2) is 13.9 Å². The summed E-state index contributed by atoms with van der Waals surface area (Å²) in [5.41, 5.74) is 9.04. The summed E-state index contributed by atoms with van der Waals surface area (Å²) >= 11 is 0. The molecule has 0 unspecified atom stereocenters. The fourth-order valence-corrected chi connectivity index (χ4v) is 3.52. The SMILES string of the molecule is C=Cc1cc(-n2nc3c(c2N)[C@H](C)N(C(=O)OC(C)(C)C)CC3)cc(C)c1F. The van der Waals surface area contributed by atoms with Crippen molar-refractivity contribution in [1.82, 2.24) is 14.7 Å². The smallest absolute Gasteiger partial charge is 0.410 e. The van der Waals surface area contributed by atoms with E-state index in [-0.39, 0.29) is 18.0 Å². The zero-order chi connectivity index (χ0) is 20.8. The maximum absolute atomic E-state index is 14.2. The minimum Gasteiger partial charge on any atom is -0.444 e. The highest BCUT2D eigenvalue weighted by atomic mass is 19.1. The Bertz CT molecular complexity index is 943. The van der Waals surface area contributed by atoms with Crippen LogP contribution in [-0.2, 0) is 11.2 Å². The minimum absolute atomic E-state index is 0.271. The van der Waals surface area contributed by atoms with Crippen molar-refractivity contribution in [3.8, 4) is 5.69 Å². The summed E-state index contributed by atoms with van der Waals surface area (Å²) in [7, 11) is 0. The summed E-state index contributed by atoms with van der Waals surface area (Å²) in [5, 5.41) is 4.64. The average Bonchev–Trinajstić information content (AvgIpc) is 2.93. The highest BCUT2D eigenvalue weighted by Crippen LogP contribution is 2.36. The number of nitrogen functional groups attached to an aromatic ring is 1. The van der Waals surface area contributed by atoms with Crippen LogP contribution < -0.4 is 5.73 Å². The summed E-state index contributed by atoms with van der Waals surface area (Å²) in [4.78, 5) is 14.2. The van der Waals surface area contributed by atoms with Crippen LogP contribution in [0.15, 0.2) is 18.7 Å². The van der Waals surface area contributed by atoms with Gasteiger partial charge in [-0.2, -0.15) is 5.10 Å². The maximum Gasteiger partial charge on any atom is 0.410 e. The number of fused-ring (bicyclic) bond motifs is 1. The topological polar surface area (TPSA) is 73.4 Å². The molecule has 0 radical (unpaired) electrons. The number of ether oxygens (including phenoxy) is 1. The predicted octanol–water partition coefficient (Wildman–Crippen LogP) is 4.40. The standard InChI is InChI=1S/C21H27FN4O2/c1-7-14-11-15(10-12(2)18(14)22)26-19(23)17-13(3)25(9-8-16(17)24-26)20(27)28-21(4,5)6/h7,10-11,13H,1,8-9,23H2,2-6H3/t13-/m0/s1. The number of anilines is 1. The van der Waals surface area contributed by atoms with E-state index in [0.717, 1.165) is 11.3 Å². The summed E-state index contributed by atoms with van der Waals surface area (Å²) in [5.74, 6) is 0.135. The number of aromatic nitrogens is 2. The van der Waals surface area contributed by atoms with Gasteiger partial charge in [-0.1, -0.05) is 12.7 Å². The summed E-state index contributed by atoms with van der Waals surface area (Å²) in [6.07, 6.45) is 1.67. The van der Waals surface area contributed by atoms with Gasteiger partial charge in [0.2, 0.25) is 0 Å². The van der Waals surface area contributed by atoms with Crippen molar-refractivity contribution >= 4 is 18.0 Å². The summed E-state index contributed by atoms with van der Waals surface area (Å²) in [6.45, 7) is 13.3. The van der Waals surface area contributed by atoms with Crippen molar-refractivity contribution in [3.63, 3.8) is 0 Å². The molecule has 1 atom stereocenters. The Balaban J connectivity index is 2.00. The largest absolute Gasteiger partial charge is 0.444 e. The lowest BCUT2D eigenvalue weighted by Gasteiger charge is -2.34. The fraction of sp³-hybridized carbons (Fsp3) is 0.429. The van der Waals surface area contributed by atoms with Gasteiger partial charge >= 0.3 is 6.09 Å². The van der Waals surface area contributed by atoms with E-state index in [1.54, 1.807) is 28.6 Å². The number of hydrogen-bond acceptors (Lipinski definition) is 4. The third kappa shape index (κ3) is 3.48. The molecule has 1 aromatic heterocycles. The maximum atomic E-state index is 14.2. The first kappa shape index (κ1) is 19.9. The van der Waals surface area contributed by atoms with E-state index < -0.39 is 5.60 Å². The Morgan fingerprint density at radius 3 is 2.71 bits per heavy atom. The monoisotopic (exact) mass is 386 g/mol. The summed E-state index contributed by atoms with van der Waals surface area (Å²) < 4.78 is 21.3. The number of carbonyl (C=O) groups excluding carboxylic acids is 1. The first-order valence-electron chi connectivity index (χ1n) is 9.33. The van der Waals surface area contributed by atoms with Gasteiger partial charge in [-0.05, 0) is 52.3 Å². The minimum atomic E-state index is -0.570. The lowest BCUT2D eigenvalue weighted by atomic mass is 10.00. The van der Waals surface area contributed by atoms with Crippen LogP contribution in [0.3, 0.4) is 0 Å². The molecule has 2 heterocycles. The number of halogens is 1. The quantitative estimate of drug-likeness (QED) is 0.830. The highest BCUT2D eigenvalue weighted by Gasteiger charge is 2.35. The van der Waals surface area contributed by atoms with Gasteiger partial charge < -0.3 is 15.4 Å². The number of hydrogen-bond donors (Lipinski definition) is 1. The molecule has 1 aliphatic rings. The first-order valence-corrected chi connectivity index (χ1v) is 9.33. The van der Waals surface area contributed by atoms with Crippen LogP contribution >= 0.6 is 0 Å². The Morgan fingerprint density at radius 1 is 1.43 bits per heavy atom.